The Hall–Kier alpha value is -2.56. The number of carbonyl (C=O) groups is 1. The summed E-state index contributed by atoms with van der Waals surface area (Å²) in [5.41, 5.74) is 2.25. The lowest BCUT2D eigenvalue weighted by molar-refractivity contribution is -0.115. The van der Waals surface area contributed by atoms with Crippen LogP contribution in [-0.4, -0.2) is 20.3 Å². The van der Waals surface area contributed by atoms with Crippen molar-refractivity contribution in [2.24, 2.45) is 5.92 Å². The number of rotatable bonds is 6. The molecule has 1 aromatic carbocycles. The quantitative estimate of drug-likeness (QED) is 0.739. The highest BCUT2D eigenvalue weighted by Crippen LogP contribution is 2.40. The van der Waals surface area contributed by atoms with Crippen LogP contribution in [0.15, 0.2) is 42.7 Å². The zero-order valence-corrected chi connectivity index (χ0v) is 14.8. The first-order chi connectivity index (χ1) is 12.2. The third-order valence-corrected chi connectivity index (χ3v) is 5.19. The van der Waals surface area contributed by atoms with Crippen LogP contribution in [0, 0.1) is 5.92 Å². The second-order valence-electron chi connectivity index (χ2n) is 6.92. The molecule has 1 fully saturated rings. The molecule has 0 bridgehead atoms. The zero-order valence-electron chi connectivity index (χ0n) is 14.8. The molecule has 0 radical (unpaired) electrons. The fourth-order valence-electron chi connectivity index (χ4n) is 3.60. The second kappa shape index (κ2) is 6.39. The second-order valence-corrected chi connectivity index (χ2v) is 6.92. The SMILES string of the molecule is CCn1cc(CC(=O)Nc2ccnn2[C@@H](C)C2CC2)c2ccccc21. The normalized spacial score (nSPS) is 15.4. The van der Waals surface area contributed by atoms with Crippen LogP contribution >= 0.6 is 0 Å². The Kier molecular flexibility index (Phi) is 4.07. The molecule has 2 aromatic heterocycles. The first kappa shape index (κ1) is 15.9. The van der Waals surface area contributed by atoms with Gasteiger partial charge in [-0.3, -0.25) is 4.79 Å². The van der Waals surface area contributed by atoms with E-state index in [1.165, 1.54) is 18.4 Å². The molecule has 1 N–H and O–H groups in total. The van der Waals surface area contributed by atoms with Gasteiger partial charge in [0.1, 0.15) is 5.82 Å². The minimum Gasteiger partial charge on any atom is -0.347 e. The summed E-state index contributed by atoms with van der Waals surface area (Å²) >= 11 is 0. The summed E-state index contributed by atoms with van der Waals surface area (Å²) in [6, 6.07) is 10.5. The summed E-state index contributed by atoms with van der Waals surface area (Å²) in [5.74, 6) is 1.49. The standard InChI is InChI=1S/C20H24N4O/c1-3-23-13-16(17-6-4-5-7-18(17)23)12-20(25)22-19-10-11-21-24(19)14(2)15-8-9-15/h4-7,10-11,13-15H,3,8-9,12H2,1-2H3,(H,22,25)/t14-/m0/s1. The van der Waals surface area contributed by atoms with Gasteiger partial charge in [0.05, 0.1) is 18.7 Å². The molecule has 0 unspecified atom stereocenters. The van der Waals surface area contributed by atoms with Gasteiger partial charge >= 0.3 is 0 Å². The van der Waals surface area contributed by atoms with Crippen molar-refractivity contribution in [1.82, 2.24) is 14.3 Å². The maximum absolute atomic E-state index is 12.6. The van der Waals surface area contributed by atoms with E-state index in [0.717, 1.165) is 23.3 Å². The summed E-state index contributed by atoms with van der Waals surface area (Å²) in [4.78, 5) is 12.6. The number of fused-ring (bicyclic) bond motifs is 1. The van der Waals surface area contributed by atoms with E-state index in [4.69, 9.17) is 0 Å². The summed E-state index contributed by atoms with van der Waals surface area (Å²) in [5, 5.41) is 8.60. The van der Waals surface area contributed by atoms with Gasteiger partial charge in [-0.05, 0) is 44.2 Å². The molecule has 2 heterocycles. The smallest absolute Gasteiger partial charge is 0.230 e. The highest BCUT2D eigenvalue weighted by Gasteiger charge is 2.30. The number of para-hydroxylation sites is 1. The third kappa shape index (κ3) is 3.06. The van der Waals surface area contributed by atoms with Gasteiger partial charge < -0.3 is 9.88 Å². The monoisotopic (exact) mass is 336 g/mol. The van der Waals surface area contributed by atoms with Crippen LogP contribution in [0.5, 0.6) is 0 Å². The Balaban J connectivity index is 1.53. The number of nitrogens with one attached hydrogen (secondary N) is 1. The van der Waals surface area contributed by atoms with Crippen LogP contribution < -0.4 is 5.32 Å². The van der Waals surface area contributed by atoms with E-state index in [-0.39, 0.29) is 5.91 Å². The van der Waals surface area contributed by atoms with Gasteiger partial charge in [-0.2, -0.15) is 5.10 Å². The lowest BCUT2D eigenvalue weighted by Crippen LogP contribution is -2.19. The number of hydrogen-bond donors (Lipinski definition) is 1. The van der Waals surface area contributed by atoms with Gasteiger partial charge in [-0.15, -0.1) is 0 Å². The topological polar surface area (TPSA) is 51.9 Å². The van der Waals surface area contributed by atoms with Gasteiger partial charge in [-0.1, -0.05) is 18.2 Å². The molecule has 0 saturated heterocycles. The van der Waals surface area contributed by atoms with E-state index < -0.39 is 0 Å². The van der Waals surface area contributed by atoms with Crippen molar-refractivity contribution >= 4 is 22.6 Å². The van der Waals surface area contributed by atoms with E-state index in [1.54, 1.807) is 6.20 Å². The number of amides is 1. The highest BCUT2D eigenvalue weighted by atomic mass is 16.1. The number of benzene rings is 1. The van der Waals surface area contributed by atoms with E-state index in [0.29, 0.717) is 18.4 Å². The van der Waals surface area contributed by atoms with Crippen molar-refractivity contribution in [3.8, 4) is 0 Å². The summed E-state index contributed by atoms with van der Waals surface area (Å²) < 4.78 is 4.14. The predicted molar refractivity (Wildman–Crippen MR) is 99.6 cm³/mol. The molecule has 1 aliphatic carbocycles. The lowest BCUT2D eigenvalue weighted by atomic mass is 10.1. The van der Waals surface area contributed by atoms with Crippen LogP contribution in [-0.2, 0) is 17.8 Å². The molecular formula is C20H24N4O. The van der Waals surface area contributed by atoms with Crippen molar-refractivity contribution in [3.63, 3.8) is 0 Å². The molecule has 25 heavy (non-hydrogen) atoms. The van der Waals surface area contributed by atoms with Gasteiger partial charge in [0.2, 0.25) is 5.91 Å². The van der Waals surface area contributed by atoms with Crippen molar-refractivity contribution in [3.05, 3.63) is 48.3 Å². The van der Waals surface area contributed by atoms with Crippen molar-refractivity contribution in [1.29, 1.82) is 0 Å². The Morgan fingerprint density at radius 3 is 2.88 bits per heavy atom. The number of hydrogen-bond acceptors (Lipinski definition) is 2. The maximum atomic E-state index is 12.6. The van der Waals surface area contributed by atoms with Crippen LogP contribution in [0.3, 0.4) is 0 Å². The predicted octanol–water partition coefficient (Wildman–Crippen LogP) is 4.01. The van der Waals surface area contributed by atoms with Crippen LogP contribution in [0.4, 0.5) is 5.82 Å². The van der Waals surface area contributed by atoms with Crippen molar-refractivity contribution in [2.45, 2.75) is 45.7 Å². The number of nitrogens with zero attached hydrogens (tertiary/aromatic N) is 3. The lowest BCUT2D eigenvalue weighted by Gasteiger charge is -2.15. The van der Waals surface area contributed by atoms with Gasteiger partial charge in [0.25, 0.3) is 0 Å². The van der Waals surface area contributed by atoms with Crippen LogP contribution in [0.1, 0.15) is 38.3 Å². The van der Waals surface area contributed by atoms with Crippen molar-refractivity contribution in [2.75, 3.05) is 5.32 Å². The van der Waals surface area contributed by atoms with Crippen LogP contribution in [0.2, 0.25) is 0 Å². The largest absolute Gasteiger partial charge is 0.347 e. The Bertz CT molecular complexity index is 903. The highest BCUT2D eigenvalue weighted by molar-refractivity contribution is 5.95. The molecule has 1 amide bonds. The molecule has 5 nitrogen and oxygen atoms in total. The van der Waals surface area contributed by atoms with Crippen molar-refractivity contribution < 1.29 is 4.79 Å². The molecule has 1 aliphatic rings. The van der Waals surface area contributed by atoms with E-state index in [1.807, 2.05) is 22.9 Å². The molecule has 4 rings (SSSR count). The van der Waals surface area contributed by atoms with E-state index in [9.17, 15) is 4.79 Å². The molecule has 3 aromatic rings. The van der Waals surface area contributed by atoms with E-state index >= 15 is 0 Å². The average molecular weight is 336 g/mol. The maximum Gasteiger partial charge on any atom is 0.230 e. The average Bonchev–Trinajstić information content (AvgIpc) is 3.28. The summed E-state index contributed by atoms with van der Waals surface area (Å²) in [6.07, 6.45) is 6.73. The van der Waals surface area contributed by atoms with Gasteiger partial charge in [0, 0.05) is 29.7 Å². The Morgan fingerprint density at radius 1 is 1.32 bits per heavy atom. The molecule has 0 aliphatic heterocycles. The summed E-state index contributed by atoms with van der Waals surface area (Å²) in [6.45, 7) is 5.19. The number of aromatic nitrogens is 3. The minimum atomic E-state index is 0.00348. The fourth-order valence-corrected chi connectivity index (χ4v) is 3.60. The molecule has 1 atom stereocenters. The number of anilines is 1. The molecule has 1 saturated carbocycles. The Labute approximate surface area is 147 Å². The van der Waals surface area contributed by atoms with Crippen LogP contribution in [0.25, 0.3) is 10.9 Å². The molecule has 5 heteroatoms. The van der Waals surface area contributed by atoms with Gasteiger partial charge in [0.15, 0.2) is 0 Å². The van der Waals surface area contributed by atoms with Gasteiger partial charge in [-0.25, -0.2) is 4.68 Å². The first-order valence-corrected chi connectivity index (χ1v) is 9.07. The number of aryl methyl sites for hydroxylation is 1. The Morgan fingerprint density at radius 2 is 2.12 bits per heavy atom. The molecular weight excluding hydrogens is 312 g/mol. The third-order valence-electron chi connectivity index (χ3n) is 5.19. The fraction of sp³-hybridized carbons (Fsp3) is 0.400. The molecule has 0 spiro atoms. The first-order valence-electron chi connectivity index (χ1n) is 9.07. The summed E-state index contributed by atoms with van der Waals surface area (Å²) in [7, 11) is 0. The minimum absolute atomic E-state index is 0.00348. The van der Waals surface area contributed by atoms with E-state index in [2.05, 4.69) is 47.2 Å². The zero-order chi connectivity index (χ0) is 17.4. The molecule has 130 valence electrons. The number of carbonyl (C=O) groups excluding carboxylic acids is 1.